The Labute approximate surface area is 108 Å². The second-order valence-corrected chi connectivity index (χ2v) is 6.53. The maximum atomic E-state index is 5.54. The van der Waals surface area contributed by atoms with Crippen molar-refractivity contribution in [3.8, 4) is 0 Å². The Morgan fingerprint density at radius 3 is 2.76 bits per heavy atom. The molecule has 1 aromatic heterocycles. The first-order chi connectivity index (χ1) is 8.11. The molecular weight excluding hydrogens is 230 g/mol. The monoisotopic (exact) mass is 253 g/mol. The van der Waals surface area contributed by atoms with Crippen molar-refractivity contribution in [1.82, 2.24) is 5.32 Å². The van der Waals surface area contributed by atoms with Gasteiger partial charge < -0.3 is 10.1 Å². The minimum absolute atomic E-state index is 0.400. The average molecular weight is 253 g/mol. The van der Waals surface area contributed by atoms with Gasteiger partial charge in [0.2, 0.25) is 0 Å². The molecule has 0 amide bonds. The number of nitrogens with one attached hydrogen (secondary N) is 1. The van der Waals surface area contributed by atoms with Gasteiger partial charge in [-0.15, -0.1) is 11.3 Å². The van der Waals surface area contributed by atoms with Crippen LogP contribution >= 0.6 is 11.3 Å². The number of aryl methyl sites for hydroxylation is 2. The summed E-state index contributed by atoms with van der Waals surface area (Å²) in [4.78, 5) is 2.84. The molecule has 3 unspecified atom stereocenters. The van der Waals surface area contributed by atoms with Crippen LogP contribution < -0.4 is 5.32 Å². The largest absolute Gasteiger partial charge is 0.380 e. The van der Waals surface area contributed by atoms with Crippen molar-refractivity contribution in [3.05, 3.63) is 21.4 Å². The van der Waals surface area contributed by atoms with E-state index >= 15 is 0 Å². The number of hydrogen-bond acceptors (Lipinski definition) is 3. The maximum Gasteiger partial charge on any atom is 0.0724 e. The molecule has 0 spiro atoms. The first-order valence-corrected chi connectivity index (χ1v) is 7.29. The molecular formula is C14H23NOS. The molecule has 1 aliphatic carbocycles. The fourth-order valence-electron chi connectivity index (χ4n) is 2.89. The van der Waals surface area contributed by atoms with E-state index in [0.717, 1.165) is 0 Å². The van der Waals surface area contributed by atoms with Crippen LogP contribution in [0.2, 0.25) is 0 Å². The smallest absolute Gasteiger partial charge is 0.0724 e. The first kappa shape index (κ1) is 13.1. The van der Waals surface area contributed by atoms with Gasteiger partial charge in [-0.2, -0.15) is 0 Å². The summed E-state index contributed by atoms with van der Waals surface area (Å²) in [5.41, 5.74) is 1.45. The fraction of sp³-hybridized carbons (Fsp3) is 0.714. The van der Waals surface area contributed by atoms with E-state index in [9.17, 15) is 0 Å². The van der Waals surface area contributed by atoms with Crippen LogP contribution in [0.15, 0.2) is 6.07 Å². The Hall–Kier alpha value is -0.380. The summed E-state index contributed by atoms with van der Waals surface area (Å²) in [5.74, 6) is 0. The highest BCUT2D eigenvalue weighted by Gasteiger charge is 2.28. The van der Waals surface area contributed by atoms with Gasteiger partial charge in [0, 0.05) is 28.9 Å². The van der Waals surface area contributed by atoms with Gasteiger partial charge >= 0.3 is 0 Å². The minimum atomic E-state index is 0.400. The van der Waals surface area contributed by atoms with E-state index in [1.165, 1.54) is 34.6 Å². The van der Waals surface area contributed by atoms with Gasteiger partial charge in [-0.1, -0.05) is 0 Å². The van der Waals surface area contributed by atoms with Crippen LogP contribution in [0.1, 0.15) is 47.5 Å². The lowest BCUT2D eigenvalue weighted by Crippen LogP contribution is -2.38. The van der Waals surface area contributed by atoms with E-state index in [0.29, 0.717) is 18.2 Å². The zero-order valence-corrected chi connectivity index (χ0v) is 12.1. The van der Waals surface area contributed by atoms with Gasteiger partial charge in [-0.3, -0.25) is 0 Å². The van der Waals surface area contributed by atoms with Crippen LogP contribution in [0, 0.1) is 13.8 Å². The van der Waals surface area contributed by atoms with Gasteiger partial charge in [0.25, 0.3) is 0 Å². The molecule has 0 saturated heterocycles. The average Bonchev–Trinajstić information content (AvgIpc) is 2.84. The second kappa shape index (κ2) is 5.51. The van der Waals surface area contributed by atoms with Crippen LogP contribution in [0.5, 0.6) is 0 Å². The van der Waals surface area contributed by atoms with Crippen molar-refractivity contribution in [2.75, 3.05) is 7.11 Å². The molecule has 1 aromatic rings. The van der Waals surface area contributed by atoms with E-state index in [1.807, 2.05) is 18.4 Å². The van der Waals surface area contributed by atoms with Gasteiger partial charge in [-0.25, -0.2) is 0 Å². The van der Waals surface area contributed by atoms with Crippen molar-refractivity contribution < 1.29 is 4.74 Å². The van der Waals surface area contributed by atoms with Crippen molar-refractivity contribution in [2.45, 2.75) is 58.2 Å². The highest BCUT2D eigenvalue weighted by Crippen LogP contribution is 2.29. The van der Waals surface area contributed by atoms with Crippen molar-refractivity contribution >= 4 is 11.3 Å². The molecule has 1 heterocycles. The summed E-state index contributed by atoms with van der Waals surface area (Å²) >= 11 is 1.89. The first-order valence-electron chi connectivity index (χ1n) is 6.47. The van der Waals surface area contributed by atoms with Gasteiger partial charge in [0.1, 0.15) is 0 Å². The Kier molecular flexibility index (Phi) is 4.23. The van der Waals surface area contributed by atoms with Crippen molar-refractivity contribution in [3.63, 3.8) is 0 Å². The van der Waals surface area contributed by atoms with Gasteiger partial charge in [0.15, 0.2) is 0 Å². The molecule has 2 nitrogen and oxygen atoms in total. The van der Waals surface area contributed by atoms with Crippen molar-refractivity contribution in [2.24, 2.45) is 0 Å². The van der Waals surface area contributed by atoms with Crippen LogP contribution in [-0.4, -0.2) is 19.3 Å². The molecule has 17 heavy (non-hydrogen) atoms. The molecule has 0 aliphatic heterocycles. The Morgan fingerprint density at radius 1 is 1.41 bits per heavy atom. The molecule has 2 rings (SSSR count). The second-order valence-electron chi connectivity index (χ2n) is 5.07. The van der Waals surface area contributed by atoms with E-state index in [4.69, 9.17) is 4.74 Å². The molecule has 0 aromatic carbocycles. The summed E-state index contributed by atoms with van der Waals surface area (Å²) in [5, 5.41) is 3.73. The lowest BCUT2D eigenvalue weighted by atomic mass is 10.1. The topological polar surface area (TPSA) is 21.3 Å². The number of thiophene rings is 1. The summed E-state index contributed by atoms with van der Waals surface area (Å²) in [7, 11) is 1.83. The highest BCUT2D eigenvalue weighted by atomic mass is 32.1. The van der Waals surface area contributed by atoms with Crippen LogP contribution in [0.25, 0.3) is 0 Å². The zero-order valence-electron chi connectivity index (χ0n) is 11.2. The van der Waals surface area contributed by atoms with E-state index < -0.39 is 0 Å². The SMILES string of the molecule is COC1CCCC1NC(C)c1cc(C)sc1C. The lowest BCUT2D eigenvalue weighted by Gasteiger charge is -2.24. The number of hydrogen-bond donors (Lipinski definition) is 1. The molecule has 1 fully saturated rings. The third-order valence-electron chi connectivity index (χ3n) is 3.77. The van der Waals surface area contributed by atoms with Crippen LogP contribution in [0.3, 0.4) is 0 Å². The predicted octanol–water partition coefficient (Wildman–Crippen LogP) is 3.58. The third-order valence-corrected chi connectivity index (χ3v) is 4.75. The molecule has 96 valence electrons. The van der Waals surface area contributed by atoms with Crippen molar-refractivity contribution in [1.29, 1.82) is 0 Å². The van der Waals surface area contributed by atoms with Gasteiger partial charge in [-0.05, 0) is 51.7 Å². The van der Waals surface area contributed by atoms with Crippen LogP contribution in [0.4, 0.5) is 0 Å². The highest BCUT2D eigenvalue weighted by molar-refractivity contribution is 7.12. The molecule has 1 N–H and O–H groups in total. The minimum Gasteiger partial charge on any atom is -0.380 e. The third kappa shape index (κ3) is 2.90. The standard InChI is InChI=1S/C14H23NOS/c1-9-8-12(11(3)17-9)10(2)15-13-6-5-7-14(13)16-4/h8,10,13-15H,5-7H2,1-4H3. The summed E-state index contributed by atoms with van der Waals surface area (Å²) < 4.78 is 5.54. The lowest BCUT2D eigenvalue weighted by molar-refractivity contribution is 0.0819. The quantitative estimate of drug-likeness (QED) is 0.885. The normalized spacial score (nSPS) is 26.4. The Bertz CT molecular complexity index is 374. The summed E-state index contributed by atoms with van der Waals surface area (Å²) in [6, 6.07) is 3.27. The molecule has 0 radical (unpaired) electrons. The van der Waals surface area contributed by atoms with E-state index in [-0.39, 0.29) is 0 Å². The molecule has 1 saturated carbocycles. The summed E-state index contributed by atoms with van der Waals surface area (Å²) in [6.45, 7) is 6.66. The predicted molar refractivity (Wildman–Crippen MR) is 73.8 cm³/mol. The van der Waals surface area contributed by atoms with E-state index in [1.54, 1.807) is 0 Å². The summed E-state index contributed by atoms with van der Waals surface area (Å²) in [6.07, 6.45) is 4.12. The fourth-order valence-corrected chi connectivity index (χ4v) is 3.91. The van der Waals surface area contributed by atoms with Crippen LogP contribution in [-0.2, 0) is 4.74 Å². The number of rotatable bonds is 4. The molecule has 1 aliphatic rings. The number of ether oxygens (including phenoxy) is 1. The zero-order chi connectivity index (χ0) is 12.4. The molecule has 3 atom stereocenters. The number of methoxy groups -OCH3 is 1. The Morgan fingerprint density at radius 2 is 2.18 bits per heavy atom. The molecule has 3 heteroatoms. The van der Waals surface area contributed by atoms with Gasteiger partial charge in [0.05, 0.1) is 6.10 Å². The molecule has 0 bridgehead atoms. The van der Waals surface area contributed by atoms with E-state index in [2.05, 4.69) is 32.2 Å². The Balaban J connectivity index is 2.01. The maximum absolute atomic E-state index is 5.54.